The lowest BCUT2D eigenvalue weighted by Crippen LogP contribution is -2.22. The third kappa shape index (κ3) is 3.51. The van der Waals surface area contributed by atoms with E-state index in [0.29, 0.717) is 25.7 Å². The fourth-order valence-electron chi connectivity index (χ4n) is 2.46. The van der Waals surface area contributed by atoms with Gasteiger partial charge in [-0.2, -0.15) is 0 Å². The zero-order chi connectivity index (χ0) is 12.1. The van der Waals surface area contributed by atoms with E-state index in [1.807, 2.05) is 6.92 Å². The van der Waals surface area contributed by atoms with Gasteiger partial charge in [-0.3, -0.25) is 9.59 Å². The summed E-state index contributed by atoms with van der Waals surface area (Å²) in [5.74, 6) is -1.97. The van der Waals surface area contributed by atoms with Gasteiger partial charge in [-0.15, -0.1) is 0 Å². The van der Waals surface area contributed by atoms with Crippen LogP contribution in [0.5, 0.6) is 0 Å². The molecule has 1 fully saturated rings. The normalized spacial score (nSPS) is 32.2. The molecule has 1 aliphatic carbocycles. The Labute approximate surface area is 95.7 Å². The first-order chi connectivity index (χ1) is 7.52. The highest BCUT2D eigenvalue weighted by Gasteiger charge is 2.28. The van der Waals surface area contributed by atoms with Gasteiger partial charge in [-0.05, 0) is 31.6 Å². The average Bonchev–Trinajstić information content (AvgIpc) is 2.28. The van der Waals surface area contributed by atoms with Crippen LogP contribution in [-0.2, 0) is 9.59 Å². The largest absolute Gasteiger partial charge is 0.481 e. The van der Waals surface area contributed by atoms with Crippen molar-refractivity contribution in [2.45, 2.75) is 45.4 Å². The van der Waals surface area contributed by atoms with Crippen molar-refractivity contribution >= 4 is 11.9 Å². The number of hydrogen-bond donors (Lipinski definition) is 2. The van der Waals surface area contributed by atoms with Gasteiger partial charge < -0.3 is 10.2 Å². The zero-order valence-electron chi connectivity index (χ0n) is 9.69. The zero-order valence-corrected chi connectivity index (χ0v) is 9.69. The maximum atomic E-state index is 11.0. The van der Waals surface area contributed by atoms with Crippen molar-refractivity contribution in [1.29, 1.82) is 0 Å². The molecule has 4 heteroatoms. The van der Waals surface area contributed by atoms with E-state index in [2.05, 4.69) is 0 Å². The molecule has 4 nitrogen and oxygen atoms in total. The Kier molecular flexibility index (Phi) is 4.77. The summed E-state index contributed by atoms with van der Waals surface area (Å²) in [4.78, 5) is 22.0. The summed E-state index contributed by atoms with van der Waals surface area (Å²) >= 11 is 0. The molecular weight excluding hydrogens is 208 g/mol. The first-order valence-corrected chi connectivity index (χ1v) is 5.98. The van der Waals surface area contributed by atoms with Gasteiger partial charge in [-0.1, -0.05) is 19.8 Å². The SMILES string of the molecule is CC1CCC(C(=O)O)CCCCC1C(=O)O. The Balaban J connectivity index is 2.62. The predicted octanol–water partition coefficient (Wildman–Crippen LogP) is 2.38. The number of rotatable bonds is 2. The first kappa shape index (κ1) is 13.0. The Morgan fingerprint density at radius 3 is 2.12 bits per heavy atom. The molecule has 1 rings (SSSR count). The molecule has 0 aromatic heterocycles. The summed E-state index contributed by atoms with van der Waals surface area (Å²) in [5.41, 5.74) is 0. The number of aliphatic carboxylic acids is 2. The molecule has 0 saturated heterocycles. The molecule has 0 aromatic rings. The molecule has 0 amide bonds. The third-order valence-corrected chi connectivity index (χ3v) is 3.64. The molecule has 0 aliphatic heterocycles. The van der Waals surface area contributed by atoms with E-state index >= 15 is 0 Å². The van der Waals surface area contributed by atoms with Gasteiger partial charge in [0.05, 0.1) is 11.8 Å². The highest BCUT2D eigenvalue weighted by Crippen LogP contribution is 2.29. The number of carboxylic acids is 2. The number of carbonyl (C=O) groups is 2. The lowest BCUT2D eigenvalue weighted by atomic mass is 9.86. The van der Waals surface area contributed by atoms with Crippen molar-refractivity contribution in [3.63, 3.8) is 0 Å². The monoisotopic (exact) mass is 228 g/mol. The van der Waals surface area contributed by atoms with E-state index in [1.54, 1.807) is 0 Å². The van der Waals surface area contributed by atoms with Gasteiger partial charge in [-0.25, -0.2) is 0 Å². The first-order valence-electron chi connectivity index (χ1n) is 5.98. The summed E-state index contributed by atoms with van der Waals surface area (Å²) in [6.07, 6.45) is 4.34. The molecular formula is C12H20O4. The van der Waals surface area contributed by atoms with Crippen molar-refractivity contribution in [1.82, 2.24) is 0 Å². The second-order valence-electron chi connectivity index (χ2n) is 4.82. The van der Waals surface area contributed by atoms with E-state index in [9.17, 15) is 9.59 Å². The van der Waals surface area contributed by atoms with Crippen LogP contribution in [0, 0.1) is 17.8 Å². The lowest BCUT2D eigenvalue weighted by Gasteiger charge is -2.19. The topological polar surface area (TPSA) is 74.6 Å². The van der Waals surface area contributed by atoms with Crippen LogP contribution in [0.1, 0.15) is 45.4 Å². The van der Waals surface area contributed by atoms with Crippen LogP contribution < -0.4 is 0 Å². The van der Waals surface area contributed by atoms with Crippen LogP contribution in [0.25, 0.3) is 0 Å². The van der Waals surface area contributed by atoms with Crippen molar-refractivity contribution in [3.8, 4) is 0 Å². The van der Waals surface area contributed by atoms with Gasteiger partial charge in [0.15, 0.2) is 0 Å². The predicted molar refractivity (Wildman–Crippen MR) is 59.1 cm³/mol. The summed E-state index contributed by atoms with van der Waals surface area (Å²) < 4.78 is 0. The van der Waals surface area contributed by atoms with Crippen LogP contribution in [0.2, 0.25) is 0 Å². The molecule has 92 valence electrons. The average molecular weight is 228 g/mol. The van der Waals surface area contributed by atoms with Crippen molar-refractivity contribution < 1.29 is 19.8 Å². The number of carboxylic acid groups (broad SMARTS) is 2. The van der Waals surface area contributed by atoms with Gasteiger partial charge in [0.2, 0.25) is 0 Å². The van der Waals surface area contributed by atoms with Crippen molar-refractivity contribution in [2.24, 2.45) is 17.8 Å². The maximum Gasteiger partial charge on any atom is 0.306 e. The smallest absolute Gasteiger partial charge is 0.306 e. The van der Waals surface area contributed by atoms with Crippen LogP contribution in [-0.4, -0.2) is 22.2 Å². The van der Waals surface area contributed by atoms with E-state index in [4.69, 9.17) is 10.2 Å². The van der Waals surface area contributed by atoms with E-state index in [0.717, 1.165) is 12.8 Å². The Morgan fingerprint density at radius 1 is 0.938 bits per heavy atom. The third-order valence-electron chi connectivity index (χ3n) is 3.64. The summed E-state index contributed by atoms with van der Waals surface area (Å²) in [7, 11) is 0. The minimum absolute atomic E-state index is 0.0810. The second-order valence-corrected chi connectivity index (χ2v) is 4.82. The summed E-state index contributed by atoms with van der Waals surface area (Å²) in [6.45, 7) is 1.92. The van der Waals surface area contributed by atoms with Crippen LogP contribution in [0.3, 0.4) is 0 Å². The second kappa shape index (κ2) is 5.87. The molecule has 16 heavy (non-hydrogen) atoms. The quantitative estimate of drug-likeness (QED) is 0.761. The molecule has 0 heterocycles. The molecule has 2 N–H and O–H groups in total. The number of hydrogen-bond acceptors (Lipinski definition) is 2. The molecule has 0 aromatic carbocycles. The van der Waals surface area contributed by atoms with Gasteiger partial charge in [0.1, 0.15) is 0 Å². The Hall–Kier alpha value is -1.06. The van der Waals surface area contributed by atoms with Crippen molar-refractivity contribution in [2.75, 3.05) is 0 Å². The molecule has 1 aliphatic rings. The molecule has 0 radical (unpaired) electrons. The van der Waals surface area contributed by atoms with Gasteiger partial charge in [0, 0.05) is 0 Å². The van der Waals surface area contributed by atoms with Crippen molar-refractivity contribution in [3.05, 3.63) is 0 Å². The highest BCUT2D eigenvalue weighted by molar-refractivity contribution is 5.71. The molecule has 3 unspecified atom stereocenters. The molecule has 0 bridgehead atoms. The summed E-state index contributed by atoms with van der Waals surface area (Å²) in [5, 5.41) is 18.1. The van der Waals surface area contributed by atoms with Gasteiger partial charge in [0.25, 0.3) is 0 Å². The maximum absolute atomic E-state index is 11.0. The Morgan fingerprint density at radius 2 is 1.56 bits per heavy atom. The fraction of sp³-hybridized carbons (Fsp3) is 0.833. The van der Waals surface area contributed by atoms with Gasteiger partial charge >= 0.3 is 11.9 Å². The standard InChI is InChI=1S/C12H20O4/c1-8-6-7-9(11(13)14)4-2-3-5-10(8)12(15)16/h8-10H,2-7H2,1H3,(H,13,14)(H,15,16). The minimum Gasteiger partial charge on any atom is -0.481 e. The molecule has 0 spiro atoms. The van der Waals surface area contributed by atoms with Crippen LogP contribution in [0.15, 0.2) is 0 Å². The van der Waals surface area contributed by atoms with Crippen LogP contribution >= 0.6 is 0 Å². The van der Waals surface area contributed by atoms with Crippen LogP contribution in [0.4, 0.5) is 0 Å². The molecule has 3 atom stereocenters. The van der Waals surface area contributed by atoms with E-state index in [-0.39, 0.29) is 17.8 Å². The Bertz CT molecular complexity index is 262. The minimum atomic E-state index is -0.735. The fourth-order valence-corrected chi connectivity index (χ4v) is 2.46. The lowest BCUT2D eigenvalue weighted by molar-refractivity contribution is -0.143. The van der Waals surface area contributed by atoms with E-state index < -0.39 is 11.9 Å². The molecule has 1 saturated carbocycles. The van der Waals surface area contributed by atoms with E-state index in [1.165, 1.54) is 0 Å². The summed E-state index contributed by atoms with van der Waals surface area (Å²) in [6, 6.07) is 0. The highest BCUT2D eigenvalue weighted by atomic mass is 16.4.